The Balaban J connectivity index is 1.53. The predicted octanol–water partition coefficient (Wildman–Crippen LogP) is 5.76. The third-order valence-electron chi connectivity index (χ3n) is 5.74. The van der Waals surface area contributed by atoms with Crippen LogP contribution in [0.4, 0.5) is 4.79 Å². The van der Waals surface area contributed by atoms with Gasteiger partial charge >= 0.3 is 6.09 Å². The van der Waals surface area contributed by atoms with Gasteiger partial charge in [0.05, 0.1) is 16.7 Å². The molecule has 30 heavy (non-hydrogen) atoms. The molecule has 1 N–H and O–H groups in total. The number of halogens is 2. The molecular weight excluding hydrogens is 423 g/mol. The molecule has 2 aliphatic rings. The maximum absolute atomic E-state index is 11.9. The molecule has 2 fully saturated rings. The fourth-order valence-corrected chi connectivity index (χ4v) is 4.16. The van der Waals surface area contributed by atoms with Crippen molar-refractivity contribution in [2.45, 2.75) is 59.1 Å². The second-order valence-electron chi connectivity index (χ2n) is 9.77. The highest BCUT2D eigenvalue weighted by Gasteiger charge is 2.28. The average molecular weight is 457 g/mol. The van der Waals surface area contributed by atoms with Crippen molar-refractivity contribution >= 4 is 29.3 Å². The van der Waals surface area contributed by atoms with Crippen LogP contribution >= 0.6 is 23.2 Å². The zero-order valence-electron chi connectivity index (χ0n) is 18.5. The lowest BCUT2D eigenvalue weighted by atomic mass is 9.86. The maximum atomic E-state index is 11.9. The molecule has 2 atom stereocenters. The Bertz CT molecular complexity index is 747. The molecule has 1 aromatic carbocycles. The van der Waals surface area contributed by atoms with Crippen LogP contribution in [0.5, 0.6) is 5.75 Å². The third-order valence-corrected chi connectivity index (χ3v) is 6.47. The Kier molecular flexibility index (Phi) is 7.81. The maximum Gasteiger partial charge on any atom is 0.407 e. The Labute approximate surface area is 190 Å². The number of likely N-dealkylation sites (tertiary alicyclic amines) is 1. The Morgan fingerprint density at radius 3 is 2.53 bits per heavy atom. The van der Waals surface area contributed by atoms with Crippen molar-refractivity contribution in [2.75, 3.05) is 26.2 Å². The van der Waals surface area contributed by atoms with Crippen molar-refractivity contribution in [1.29, 1.82) is 0 Å². The molecule has 1 aliphatic heterocycles. The van der Waals surface area contributed by atoms with E-state index in [0.717, 1.165) is 44.0 Å². The molecule has 1 aliphatic carbocycles. The lowest BCUT2D eigenvalue weighted by Gasteiger charge is -2.37. The largest absolute Gasteiger partial charge is 0.493 e. The molecule has 1 heterocycles. The summed E-state index contributed by atoms with van der Waals surface area (Å²) >= 11 is 12.5. The van der Waals surface area contributed by atoms with Crippen LogP contribution in [0.1, 0.15) is 52.5 Å². The summed E-state index contributed by atoms with van der Waals surface area (Å²) in [7, 11) is 0. The number of alkyl carbamates (subject to hydrolysis) is 1. The molecule has 3 rings (SSSR count). The normalized spacial score (nSPS) is 22.6. The first-order valence-electron chi connectivity index (χ1n) is 10.9. The number of amides is 1. The van der Waals surface area contributed by atoms with E-state index in [0.29, 0.717) is 34.3 Å². The molecule has 7 heteroatoms. The van der Waals surface area contributed by atoms with Crippen molar-refractivity contribution in [3.63, 3.8) is 0 Å². The van der Waals surface area contributed by atoms with Crippen molar-refractivity contribution in [1.82, 2.24) is 10.2 Å². The third kappa shape index (κ3) is 7.21. The molecule has 1 saturated carbocycles. The Morgan fingerprint density at radius 1 is 1.20 bits per heavy atom. The van der Waals surface area contributed by atoms with Crippen LogP contribution < -0.4 is 10.1 Å². The molecule has 0 radical (unpaired) electrons. The van der Waals surface area contributed by atoms with Gasteiger partial charge in [0.15, 0.2) is 0 Å². The first-order valence-corrected chi connectivity index (χ1v) is 11.7. The van der Waals surface area contributed by atoms with Crippen molar-refractivity contribution in [3.05, 3.63) is 27.7 Å². The van der Waals surface area contributed by atoms with E-state index in [1.54, 1.807) is 0 Å². The van der Waals surface area contributed by atoms with E-state index in [1.165, 1.54) is 12.8 Å². The minimum absolute atomic E-state index is 0.342. The zero-order chi connectivity index (χ0) is 21.9. The number of benzene rings is 1. The molecule has 0 spiro atoms. The highest BCUT2D eigenvalue weighted by molar-refractivity contribution is 6.42. The fraction of sp³-hybridized carbons (Fsp3) is 0.696. The first-order chi connectivity index (χ1) is 14.1. The van der Waals surface area contributed by atoms with Crippen molar-refractivity contribution in [3.8, 4) is 5.75 Å². The van der Waals surface area contributed by atoms with Crippen LogP contribution in [0.2, 0.25) is 10.0 Å². The van der Waals surface area contributed by atoms with Crippen LogP contribution in [0.25, 0.3) is 0 Å². The number of piperidine rings is 1. The zero-order valence-corrected chi connectivity index (χ0v) is 20.0. The summed E-state index contributed by atoms with van der Waals surface area (Å²) in [5.41, 5.74) is 0.612. The van der Waals surface area contributed by atoms with Gasteiger partial charge in [0, 0.05) is 31.3 Å². The van der Waals surface area contributed by atoms with Gasteiger partial charge in [-0.2, -0.15) is 0 Å². The smallest absolute Gasteiger partial charge is 0.407 e. The minimum Gasteiger partial charge on any atom is -0.493 e. The van der Waals surface area contributed by atoms with E-state index in [9.17, 15) is 4.79 Å². The van der Waals surface area contributed by atoms with E-state index >= 15 is 0 Å². The topological polar surface area (TPSA) is 50.8 Å². The summed E-state index contributed by atoms with van der Waals surface area (Å²) in [5.74, 6) is 2.43. The first kappa shape index (κ1) is 23.5. The van der Waals surface area contributed by atoms with Gasteiger partial charge in [0.25, 0.3) is 0 Å². The van der Waals surface area contributed by atoms with E-state index in [1.807, 2.05) is 32.9 Å². The van der Waals surface area contributed by atoms with Gasteiger partial charge < -0.3 is 14.8 Å². The van der Waals surface area contributed by atoms with Crippen LogP contribution in [-0.4, -0.2) is 42.8 Å². The molecule has 1 amide bonds. The molecule has 0 bridgehead atoms. The van der Waals surface area contributed by atoms with Gasteiger partial charge in [-0.25, -0.2) is 4.79 Å². The highest BCUT2D eigenvalue weighted by Crippen LogP contribution is 2.35. The molecule has 1 unspecified atom stereocenters. The standard InChI is InChI=1S/C23H34Cl2N2O3/c1-15-12-27(8-7-17(15)11-26-22(28)30-23(2,3)4)13-18-9-19(24)20(25)10-21(18)29-14-16-5-6-16/h9-10,15-17H,5-8,11-14H2,1-4H3,(H,26,28)/t15?,17-/m0/s1. The summed E-state index contributed by atoms with van der Waals surface area (Å²) in [6.07, 6.45) is 3.18. The minimum atomic E-state index is -0.474. The summed E-state index contributed by atoms with van der Waals surface area (Å²) < 4.78 is 11.4. The number of carbonyl (C=O) groups is 1. The number of rotatable bonds is 7. The number of hydrogen-bond donors (Lipinski definition) is 1. The number of nitrogens with one attached hydrogen (secondary N) is 1. The van der Waals surface area contributed by atoms with Gasteiger partial charge in [-0.05, 0) is 70.4 Å². The fourth-order valence-electron chi connectivity index (χ4n) is 3.82. The number of carbonyl (C=O) groups excluding carboxylic acids is 1. The molecule has 0 aromatic heterocycles. The lowest BCUT2D eigenvalue weighted by molar-refractivity contribution is 0.0491. The Hall–Kier alpha value is -1.17. The number of nitrogens with zero attached hydrogens (tertiary/aromatic N) is 1. The summed E-state index contributed by atoms with van der Waals surface area (Å²) in [4.78, 5) is 14.4. The van der Waals surface area contributed by atoms with E-state index < -0.39 is 5.60 Å². The van der Waals surface area contributed by atoms with Crippen molar-refractivity contribution < 1.29 is 14.3 Å². The molecule has 168 valence electrons. The van der Waals surface area contributed by atoms with Gasteiger partial charge in [-0.15, -0.1) is 0 Å². The predicted molar refractivity (Wildman–Crippen MR) is 121 cm³/mol. The van der Waals surface area contributed by atoms with Crippen LogP contribution in [0.3, 0.4) is 0 Å². The van der Waals surface area contributed by atoms with E-state index in [4.69, 9.17) is 32.7 Å². The average Bonchev–Trinajstić information content (AvgIpc) is 3.46. The van der Waals surface area contributed by atoms with Crippen LogP contribution in [0.15, 0.2) is 12.1 Å². The second kappa shape index (κ2) is 9.97. The number of hydrogen-bond acceptors (Lipinski definition) is 4. The summed E-state index contributed by atoms with van der Waals surface area (Å²) in [5, 5.41) is 4.03. The second-order valence-corrected chi connectivity index (χ2v) is 10.6. The monoisotopic (exact) mass is 456 g/mol. The van der Waals surface area contributed by atoms with Gasteiger partial charge in [0.2, 0.25) is 0 Å². The van der Waals surface area contributed by atoms with Crippen LogP contribution in [0, 0.1) is 17.8 Å². The summed E-state index contributed by atoms with van der Waals surface area (Å²) in [6.45, 7) is 12.0. The van der Waals surface area contributed by atoms with Gasteiger partial charge in [0.1, 0.15) is 11.4 Å². The van der Waals surface area contributed by atoms with Crippen molar-refractivity contribution in [2.24, 2.45) is 17.8 Å². The quantitative estimate of drug-likeness (QED) is 0.565. The van der Waals surface area contributed by atoms with E-state index in [2.05, 4.69) is 17.1 Å². The van der Waals surface area contributed by atoms with E-state index in [-0.39, 0.29) is 6.09 Å². The summed E-state index contributed by atoms with van der Waals surface area (Å²) in [6, 6.07) is 3.79. The number of ether oxygens (including phenoxy) is 2. The molecule has 5 nitrogen and oxygen atoms in total. The van der Waals surface area contributed by atoms with Gasteiger partial charge in [-0.3, -0.25) is 4.90 Å². The molecule has 1 saturated heterocycles. The highest BCUT2D eigenvalue weighted by atomic mass is 35.5. The lowest BCUT2D eigenvalue weighted by Crippen LogP contribution is -2.44. The Morgan fingerprint density at radius 2 is 1.90 bits per heavy atom. The SMILES string of the molecule is CC1CN(Cc2cc(Cl)c(Cl)cc2OCC2CC2)CC[C@H]1CNC(=O)OC(C)(C)C. The van der Waals surface area contributed by atoms with Crippen LogP contribution in [-0.2, 0) is 11.3 Å². The molecular formula is C23H34Cl2N2O3. The molecule has 1 aromatic rings. The van der Waals surface area contributed by atoms with Gasteiger partial charge in [-0.1, -0.05) is 30.1 Å².